The third-order valence-corrected chi connectivity index (χ3v) is 9.54. The van der Waals surface area contributed by atoms with Crippen LogP contribution in [0.1, 0.15) is 46.9 Å². The summed E-state index contributed by atoms with van der Waals surface area (Å²) in [5, 5.41) is 10.6. The highest BCUT2D eigenvalue weighted by Crippen LogP contribution is 2.43. The standard InChI is InChI=1S/C44H34/c1-5-21-35-31(13-1)17-9-25-39(35)43(40-26-10-18-32-14-2-6-22-36(32)40)29-30-44(41-27-11-19-33-15-3-7-23-37(33)41)42-28-12-20-34-16-4-8-24-38(34)42/h1-28,43-44H,29-30H2. The lowest BCUT2D eigenvalue weighted by Crippen LogP contribution is -2.09. The van der Waals surface area contributed by atoms with Crippen molar-refractivity contribution in [1.29, 1.82) is 0 Å². The molecular weight excluding hydrogens is 528 g/mol. The van der Waals surface area contributed by atoms with Gasteiger partial charge in [0.25, 0.3) is 0 Å². The van der Waals surface area contributed by atoms with Crippen molar-refractivity contribution < 1.29 is 0 Å². The summed E-state index contributed by atoms with van der Waals surface area (Å²) < 4.78 is 0. The molecule has 0 heteroatoms. The second-order valence-corrected chi connectivity index (χ2v) is 12.0. The zero-order valence-electron chi connectivity index (χ0n) is 24.7. The predicted octanol–water partition coefficient (Wildman–Crippen LogP) is 12.0. The highest BCUT2D eigenvalue weighted by atomic mass is 14.3. The summed E-state index contributed by atoms with van der Waals surface area (Å²) in [6.07, 6.45) is 2.05. The van der Waals surface area contributed by atoms with Crippen LogP contribution in [0, 0.1) is 0 Å². The first kappa shape index (κ1) is 26.4. The molecule has 0 atom stereocenters. The van der Waals surface area contributed by atoms with Gasteiger partial charge in [0, 0.05) is 11.8 Å². The van der Waals surface area contributed by atoms with Gasteiger partial charge in [0.15, 0.2) is 0 Å². The largest absolute Gasteiger partial charge is 0.0616 e. The molecule has 0 spiro atoms. The molecule has 0 unspecified atom stereocenters. The first-order valence-electron chi connectivity index (χ1n) is 15.8. The van der Waals surface area contributed by atoms with Crippen LogP contribution in [0.3, 0.4) is 0 Å². The van der Waals surface area contributed by atoms with Gasteiger partial charge < -0.3 is 0 Å². The second-order valence-electron chi connectivity index (χ2n) is 12.0. The molecule has 0 aromatic heterocycles. The molecule has 0 fully saturated rings. The van der Waals surface area contributed by atoms with E-state index in [-0.39, 0.29) is 11.8 Å². The Bertz CT molecular complexity index is 1910. The summed E-state index contributed by atoms with van der Waals surface area (Å²) >= 11 is 0. The maximum absolute atomic E-state index is 2.36. The van der Waals surface area contributed by atoms with Gasteiger partial charge in [-0.25, -0.2) is 0 Å². The summed E-state index contributed by atoms with van der Waals surface area (Å²) in [5.41, 5.74) is 5.64. The molecule has 8 aromatic carbocycles. The van der Waals surface area contributed by atoms with Crippen molar-refractivity contribution in [3.05, 3.63) is 192 Å². The highest BCUT2D eigenvalue weighted by molar-refractivity contribution is 5.91. The van der Waals surface area contributed by atoms with Gasteiger partial charge in [-0.3, -0.25) is 0 Å². The minimum atomic E-state index is 0.250. The smallest absolute Gasteiger partial charge is 0.0102 e. The van der Waals surface area contributed by atoms with Gasteiger partial charge >= 0.3 is 0 Å². The van der Waals surface area contributed by atoms with E-state index < -0.39 is 0 Å². The van der Waals surface area contributed by atoms with Crippen LogP contribution < -0.4 is 0 Å². The maximum Gasteiger partial charge on any atom is 0.0102 e. The van der Waals surface area contributed by atoms with E-state index in [2.05, 4.69) is 170 Å². The van der Waals surface area contributed by atoms with E-state index in [4.69, 9.17) is 0 Å². The van der Waals surface area contributed by atoms with Crippen LogP contribution in [-0.2, 0) is 0 Å². The Morgan fingerprint density at radius 3 is 0.750 bits per heavy atom. The van der Waals surface area contributed by atoms with Crippen LogP contribution in [0.25, 0.3) is 43.1 Å². The molecule has 210 valence electrons. The van der Waals surface area contributed by atoms with Crippen LogP contribution >= 0.6 is 0 Å². The third kappa shape index (κ3) is 4.74. The summed E-state index contributed by atoms with van der Waals surface area (Å²) in [6, 6.07) is 62.9. The minimum absolute atomic E-state index is 0.250. The molecule has 0 aliphatic rings. The number of hydrogen-bond acceptors (Lipinski definition) is 0. The fraction of sp³-hybridized carbons (Fsp3) is 0.0909. The number of fused-ring (bicyclic) bond motifs is 4. The number of benzene rings is 8. The minimum Gasteiger partial charge on any atom is -0.0616 e. The Morgan fingerprint density at radius 1 is 0.250 bits per heavy atom. The molecule has 0 nitrogen and oxygen atoms in total. The molecule has 0 bridgehead atoms. The molecule has 0 saturated heterocycles. The molecule has 0 aliphatic heterocycles. The van der Waals surface area contributed by atoms with E-state index in [1.807, 2.05) is 0 Å². The predicted molar refractivity (Wildman–Crippen MR) is 189 cm³/mol. The van der Waals surface area contributed by atoms with E-state index >= 15 is 0 Å². The molecule has 8 aromatic rings. The third-order valence-electron chi connectivity index (χ3n) is 9.54. The van der Waals surface area contributed by atoms with Crippen LogP contribution in [0.5, 0.6) is 0 Å². The highest BCUT2D eigenvalue weighted by Gasteiger charge is 2.24. The Labute approximate surface area is 259 Å². The lowest BCUT2D eigenvalue weighted by molar-refractivity contribution is 0.621. The van der Waals surface area contributed by atoms with Gasteiger partial charge in [0.1, 0.15) is 0 Å². The van der Waals surface area contributed by atoms with E-state index in [9.17, 15) is 0 Å². The molecule has 0 amide bonds. The topological polar surface area (TPSA) is 0 Å². The summed E-state index contributed by atoms with van der Waals surface area (Å²) in [4.78, 5) is 0. The average molecular weight is 563 g/mol. The maximum atomic E-state index is 2.36. The Hall–Kier alpha value is -5.20. The zero-order valence-corrected chi connectivity index (χ0v) is 24.7. The van der Waals surface area contributed by atoms with Gasteiger partial charge in [-0.15, -0.1) is 0 Å². The molecule has 0 saturated carbocycles. The molecular formula is C44H34. The van der Waals surface area contributed by atoms with E-state index in [0.29, 0.717) is 0 Å². The molecule has 0 N–H and O–H groups in total. The molecule has 44 heavy (non-hydrogen) atoms. The Balaban J connectivity index is 1.32. The lowest BCUT2D eigenvalue weighted by Gasteiger charge is -2.26. The van der Waals surface area contributed by atoms with Crippen molar-refractivity contribution in [2.45, 2.75) is 24.7 Å². The Morgan fingerprint density at radius 2 is 0.477 bits per heavy atom. The zero-order chi connectivity index (χ0) is 29.3. The molecule has 0 aliphatic carbocycles. The van der Waals surface area contributed by atoms with Gasteiger partial charge in [-0.2, -0.15) is 0 Å². The summed E-state index contributed by atoms with van der Waals surface area (Å²) in [5.74, 6) is 0.499. The van der Waals surface area contributed by atoms with E-state index in [0.717, 1.165) is 12.8 Å². The summed E-state index contributed by atoms with van der Waals surface area (Å²) in [6.45, 7) is 0. The van der Waals surface area contributed by atoms with E-state index in [1.54, 1.807) is 0 Å². The Kier molecular flexibility index (Phi) is 6.89. The number of hydrogen-bond donors (Lipinski definition) is 0. The van der Waals surface area contributed by atoms with Crippen LogP contribution in [0.2, 0.25) is 0 Å². The van der Waals surface area contributed by atoms with Crippen LogP contribution in [0.4, 0.5) is 0 Å². The lowest BCUT2D eigenvalue weighted by atomic mass is 9.77. The fourth-order valence-corrected chi connectivity index (χ4v) is 7.51. The van der Waals surface area contributed by atoms with Crippen molar-refractivity contribution in [3.63, 3.8) is 0 Å². The van der Waals surface area contributed by atoms with Crippen molar-refractivity contribution in [1.82, 2.24) is 0 Å². The van der Waals surface area contributed by atoms with Crippen molar-refractivity contribution in [2.24, 2.45) is 0 Å². The number of rotatable bonds is 7. The van der Waals surface area contributed by atoms with Gasteiger partial charge in [0.2, 0.25) is 0 Å². The van der Waals surface area contributed by atoms with Crippen molar-refractivity contribution in [3.8, 4) is 0 Å². The van der Waals surface area contributed by atoms with Gasteiger partial charge in [0.05, 0.1) is 0 Å². The van der Waals surface area contributed by atoms with Crippen LogP contribution in [-0.4, -0.2) is 0 Å². The first-order chi connectivity index (χ1) is 21.8. The molecule has 0 radical (unpaired) electrons. The van der Waals surface area contributed by atoms with Gasteiger partial charge in [-0.1, -0.05) is 170 Å². The summed E-state index contributed by atoms with van der Waals surface area (Å²) in [7, 11) is 0. The van der Waals surface area contributed by atoms with E-state index in [1.165, 1.54) is 65.3 Å². The normalized spacial score (nSPS) is 11.8. The SMILES string of the molecule is c1ccc2c(C(CCC(c3cccc4ccccc34)c3cccc4ccccc34)c3cccc4ccccc34)cccc2c1. The average Bonchev–Trinajstić information content (AvgIpc) is 3.10. The molecule has 8 rings (SSSR count). The second kappa shape index (κ2) is 11.5. The van der Waals surface area contributed by atoms with Crippen molar-refractivity contribution in [2.75, 3.05) is 0 Å². The van der Waals surface area contributed by atoms with Crippen molar-refractivity contribution >= 4 is 43.1 Å². The monoisotopic (exact) mass is 562 g/mol. The van der Waals surface area contributed by atoms with Crippen LogP contribution in [0.15, 0.2) is 170 Å². The first-order valence-corrected chi connectivity index (χ1v) is 15.8. The van der Waals surface area contributed by atoms with Gasteiger partial charge in [-0.05, 0) is 78.2 Å². The molecule has 0 heterocycles. The quantitative estimate of drug-likeness (QED) is 0.181. The fourth-order valence-electron chi connectivity index (χ4n) is 7.51.